The monoisotopic (exact) mass is 367 g/mol. The predicted octanol–water partition coefficient (Wildman–Crippen LogP) is 2.19. The summed E-state index contributed by atoms with van der Waals surface area (Å²) in [5.41, 5.74) is 1.90. The number of hydrogen-bond donors (Lipinski definition) is 2. The fraction of sp³-hybridized carbons (Fsp3) is 0.250. The SMILES string of the molecule is CNC(=O)c1ccc(OCC(=O)Nc2cccc(N3CCCC3=O)c2)cc1. The van der Waals surface area contributed by atoms with Gasteiger partial charge in [-0.05, 0) is 48.9 Å². The van der Waals surface area contributed by atoms with Gasteiger partial charge in [0.2, 0.25) is 5.91 Å². The predicted molar refractivity (Wildman–Crippen MR) is 102 cm³/mol. The Morgan fingerprint density at radius 3 is 2.59 bits per heavy atom. The lowest BCUT2D eigenvalue weighted by molar-refractivity contribution is -0.118. The summed E-state index contributed by atoms with van der Waals surface area (Å²) in [6, 6.07) is 13.7. The molecule has 0 unspecified atom stereocenters. The van der Waals surface area contributed by atoms with E-state index in [2.05, 4.69) is 10.6 Å². The molecule has 0 saturated carbocycles. The van der Waals surface area contributed by atoms with Gasteiger partial charge in [0.15, 0.2) is 6.61 Å². The maximum atomic E-state index is 12.1. The van der Waals surface area contributed by atoms with Gasteiger partial charge in [-0.3, -0.25) is 14.4 Å². The third kappa shape index (κ3) is 4.63. The first-order valence-corrected chi connectivity index (χ1v) is 8.72. The molecule has 2 N–H and O–H groups in total. The molecule has 140 valence electrons. The minimum atomic E-state index is -0.310. The van der Waals surface area contributed by atoms with Crippen molar-refractivity contribution in [3.05, 3.63) is 54.1 Å². The molecule has 0 atom stereocenters. The summed E-state index contributed by atoms with van der Waals surface area (Å²) in [6.07, 6.45) is 1.41. The molecule has 7 nitrogen and oxygen atoms in total. The number of amides is 3. The standard InChI is InChI=1S/C20H21N3O4/c1-21-20(26)14-7-9-17(10-8-14)27-13-18(24)22-15-4-2-5-16(12-15)23-11-3-6-19(23)25/h2,4-5,7-10,12H,3,6,11,13H2,1H3,(H,21,26)(H,22,24). The molecule has 2 aromatic carbocycles. The van der Waals surface area contributed by atoms with Crippen LogP contribution in [0.2, 0.25) is 0 Å². The zero-order valence-corrected chi connectivity index (χ0v) is 15.0. The van der Waals surface area contributed by atoms with Crippen molar-refractivity contribution in [1.29, 1.82) is 0 Å². The van der Waals surface area contributed by atoms with E-state index in [0.717, 1.165) is 12.1 Å². The molecule has 0 bridgehead atoms. The number of benzene rings is 2. The van der Waals surface area contributed by atoms with Gasteiger partial charge in [-0.2, -0.15) is 0 Å². The molecule has 7 heteroatoms. The molecule has 1 saturated heterocycles. The van der Waals surface area contributed by atoms with Crippen molar-refractivity contribution in [2.45, 2.75) is 12.8 Å². The molecule has 1 heterocycles. The van der Waals surface area contributed by atoms with E-state index in [1.807, 2.05) is 6.07 Å². The van der Waals surface area contributed by atoms with Crippen molar-refractivity contribution in [2.75, 3.05) is 30.4 Å². The quantitative estimate of drug-likeness (QED) is 0.819. The normalized spacial score (nSPS) is 13.4. The third-order valence-corrected chi connectivity index (χ3v) is 4.23. The first-order chi connectivity index (χ1) is 13.1. The molecule has 1 fully saturated rings. The highest BCUT2D eigenvalue weighted by Crippen LogP contribution is 2.24. The zero-order chi connectivity index (χ0) is 19.2. The third-order valence-electron chi connectivity index (χ3n) is 4.23. The second-order valence-electron chi connectivity index (χ2n) is 6.14. The average Bonchev–Trinajstić information content (AvgIpc) is 3.12. The van der Waals surface area contributed by atoms with Crippen LogP contribution in [0, 0.1) is 0 Å². The van der Waals surface area contributed by atoms with Gasteiger partial charge in [0.1, 0.15) is 5.75 Å². The summed E-state index contributed by atoms with van der Waals surface area (Å²) in [4.78, 5) is 37.2. The van der Waals surface area contributed by atoms with Crippen LogP contribution in [0.3, 0.4) is 0 Å². The fourth-order valence-electron chi connectivity index (χ4n) is 2.87. The summed E-state index contributed by atoms with van der Waals surface area (Å²) in [5, 5.41) is 5.30. The highest BCUT2D eigenvalue weighted by Gasteiger charge is 2.21. The Morgan fingerprint density at radius 2 is 1.93 bits per heavy atom. The molecule has 0 radical (unpaired) electrons. The van der Waals surface area contributed by atoms with E-state index in [1.165, 1.54) is 0 Å². The van der Waals surface area contributed by atoms with Gasteiger partial charge in [-0.1, -0.05) is 6.07 Å². The van der Waals surface area contributed by atoms with Crippen molar-refractivity contribution in [2.24, 2.45) is 0 Å². The van der Waals surface area contributed by atoms with Crippen LogP contribution in [-0.4, -0.2) is 37.9 Å². The van der Waals surface area contributed by atoms with Crippen molar-refractivity contribution in [3.8, 4) is 5.75 Å². The Hall–Kier alpha value is -3.35. The van der Waals surface area contributed by atoms with Gasteiger partial charge in [0.05, 0.1) is 0 Å². The highest BCUT2D eigenvalue weighted by atomic mass is 16.5. The van der Waals surface area contributed by atoms with Crippen LogP contribution in [0.4, 0.5) is 11.4 Å². The van der Waals surface area contributed by atoms with Gasteiger partial charge in [0, 0.05) is 37.0 Å². The van der Waals surface area contributed by atoms with E-state index in [-0.39, 0.29) is 24.3 Å². The minimum Gasteiger partial charge on any atom is -0.484 e. The highest BCUT2D eigenvalue weighted by molar-refractivity contribution is 5.97. The smallest absolute Gasteiger partial charge is 0.262 e. The Balaban J connectivity index is 1.55. The number of ether oxygens (including phenoxy) is 1. The Morgan fingerprint density at radius 1 is 1.15 bits per heavy atom. The van der Waals surface area contributed by atoms with E-state index in [1.54, 1.807) is 54.4 Å². The van der Waals surface area contributed by atoms with Crippen molar-refractivity contribution in [1.82, 2.24) is 5.32 Å². The van der Waals surface area contributed by atoms with Gasteiger partial charge < -0.3 is 20.3 Å². The van der Waals surface area contributed by atoms with E-state index in [9.17, 15) is 14.4 Å². The molecule has 2 aromatic rings. The van der Waals surface area contributed by atoms with Crippen molar-refractivity contribution >= 4 is 29.1 Å². The van der Waals surface area contributed by atoms with Crippen LogP contribution in [0.25, 0.3) is 0 Å². The largest absolute Gasteiger partial charge is 0.484 e. The van der Waals surface area contributed by atoms with E-state index in [4.69, 9.17) is 4.74 Å². The molecule has 3 rings (SSSR count). The van der Waals surface area contributed by atoms with Crippen molar-refractivity contribution in [3.63, 3.8) is 0 Å². The summed E-state index contributed by atoms with van der Waals surface area (Å²) in [6.45, 7) is 0.539. The summed E-state index contributed by atoms with van der Waals surface area (Å²) in [7, 11) is 1.56. The Kier molecular flexibility index (Phi) is 5.71. The van der Waals surface area contributed by atoms with Gasteiger partial charge in [-0.15, -0.1) is 0 Å². The number of rotatable bonds is 6. The fourth-order valence-corrected chi connectivity index (χ4v) is 2.87. The Labute approximate surface area is 157 Å². The van der Waals surface area contributed by atoms with E-state index in [0.29, 0.717) is 30.0 Å². The molecule has 27 heavy (non-hydrogen) atoms. The van der Waals surface area contributed by atoms with E-state index < -0.39 is 0 Å². The summed E-state index contributed by atoms with van der Waals surface area (Å²) < 4.78 is 5.45. The lowest BCUT2D eigenvalue weighted by Crippen LogP contribution is -2.24. The zero-order valence-electron chi connectivity index (χ0n) is 15.0. The number of hydrogen-bond acceptors (Lipinski definition) is 4. The van der Waals surface area contributed by atoms with Gasteiger partial charge in [-0.25, -0.2) is 0 Å². The number of carbonyl (C=O) groups excluding carboxylic acids is 3. The van der Waals surface area contributed by atoms with Crippen LogP contribution >= 0.6 is 0 Å². The number of anilines is 2. The van der Waals surface area contributed by atoms with Crippen LogP contribution in [0.1, 0.15) is 23.2 Å². The van der Waals surface area contributed by atoms with Gasteiger partial charge >= 0.3 is 0 Å². The van der Waals surface area contributed by atoms with Crippen LogP contribution in [0.15, 0.2) is 48.5 Å². The molecule has 0 aromatic heterocycles. The van der Waals surface area contributed by atoms with Crippen LogP contribution < -0.4 is 20.3 Å². The van der Waals surface area contributed by atoms with Gasteiger partial charge in [0.25, 0.3) is 11.8 Å². The van der Waals surface area contributed by atoms with Crippen LogP contribution in [0.5, 0.6) is 5.75 Å². The van der Waals surface area contributed by atoms with E-state index >= 15 is 0 Å². The second kappa shape index (κ2) is 8.35. The minimum absolute atomic E-state index is 0.0991. The molecule has 3 amide bonds. The molecule has 1 aliphatic heterocycles. The summed E-state index contributed by atoms with van der Waals surface area (Å²) >= 11 is 0. The maximum absolute atomic E-state index is 12.1. The molecular formula is C20H21N3O4. The molecule has 0 aliphatic carbocycles. The second-order valence-corrected chi connectivity index (χ2v) is 6.14. The first kappa shape index (κ1) is 18.4. The lowest BCUT2D eigenvalue weighted by Gasteiger charge is -2.16. The Bertz CT molecular complexity index is 849. The topological polar surface area (TPSA) is 87.7 Å². The average molecular weight is 367 g/mol. The van der Waals surface area contributed by atoms with Crippen LogP contribution in [-0.2, 0) is 9.59 Å². The van der Waals surface area contributed by atoms with Crippen molar-refractivity contribution < 1.29 is 19.1 Å². The number of nitrogens with one attached hydrogen (secondary N) is 2. The first-order valence-electron chi connectivity index (χ1n) is 8.72. The lowest BCUT2D eigenvalue weighted by atomic mass is 10.2. The molecular weight excluding hydrogens is 346 g/mol. The maximum Gasteiger partial charge on any atom is 0.262 e. The summed E-state index contributed by atoms with van der Waals surface area (Å²) in [5.74, 6) is 0.0992. The molecule has 0 spiro atoms. The number of carbonyl (C=O) groups is 3. The number of nitrogens with zero attached hydrogens (tertiary/aromatic N) is 1. The molecule has 1 aliphatic rings.